The van der Waals surface area contributed by atoms with E-state index in [1.54, 1.807) is 0 Å². The van der Waals surface area contributed by atoms with Crippen molar-refractivity contribution >= 4 is 93.3 Å². The van der Waals surface area contributed by atoms with Crippen molar-refractivity contribution in [3.05, 3.63) is 176 Å². The molecule has 0 radical (unpaired) electrons. The highest BCUT2D eigenvalue weighted by Gasteiger charge is 2.22. The van der Waals surface area contributed by atoms with E-state index in [1.807, 2.05) is 0 Å². The van der Waals surface area contributed by atoms with E-state index in [2.05, 4.69) is 181 Å². The Morgan fingerprint density at radius 2 is 0.922 bits per heavy atom. The van der Waals surface area contributed by atoms with Gasteiger partial charge >= 0.3 is 0 Å². The van der Waals surface area contributed by atoms with Gasteiger partial charge in [0.15, 0.2) is 0 Å². The van der Waals surface area contributed by atoms with Gasteiger partial charge in [-0.25, -0.2) is 0 Å². The molecule has 9 aromatic carbocycles. The minimum Gasteiger partial charge on any atom is -0.455 e. The standard InChI is InChI=1S/C48H29NO2/c1-2-13-33-28-36(25-22-30(33)10-1)49(42-19-9-21-44-46(42)41-27-24-32-12-4-6-17-39(32)48(41)51-44)35-15-7-14-34(29-35)37-18-8-20-43-45(37)40-26-23-31-11-3-5-16-38(31)47(40)50-43/h1-29H. The van der Waals surface area contributed by atoms with E-state index in [-0.39, 0.29) is 0 Å². The van der Waals surface area contributed by atoms with Gasteiger partial charge in [-0.3, -0.25) is 0 Å². The van der Waals surface area contributed by atoms with Crippen molar-refractivity contribution in [1.82, 2.24) is 0 Å². The molecule has 11 aromatic rings. The number of nitrogens with zero attached hydrogens (tertiary/aromatic N) is 1. The van der Waals surface area contributed by atoms with Crippen molar-refractivity contribution in [2.75, 3.05) is 4.90 Å². The summed E-state index contributed by atoms with van der Waals surface area (Å²) in [4.78, 5) is 2.38. The fourth-order valence-corrected chi connectivity index (χ4v) is 8.07. The first kappa shape index (κ1) is 28.0. The summed E-state index contributed by atoms with van der Waals surface area (Å²) in [5.74, 6) is 0. The second-order valence-corrected chi connectivity index (χ2v) is 13.3. The highest BCUT2D eigenvalue weighted by molar-refractivity contribution is 6.21. The fraction of sp³-hybridized carbons (Fsp3) is 0. The molecule has 0 spiro atoms. The van der Waals surface area contributed by atoms with Gasteiger partial charge in [-0.2, -0.15) is 0 Å². The van der Waals surface area contributed by atoms with Crippen LogP contribution in [-0.2, 0) is 0 Å². The number of furan rings is 2. The Balaban J connectivity index is 1.17. The van der Waals surface area contributed by atoms with Gasteiger partial charge in [-0.05, 0) is 87.3 Å². The molecule has 0 amide bonds. The van der Waals surface area contributed by atoms with E-state index in [0.717, 1.165) is 82.8 Å². The Morgan fingerprint density at radius 1 is 0.353 bits per heavy atom. The lowest BCUT2D eigenvalue weighted by molar-refractivity contribution is 0.672. The largest absolute Gasteiger partial charge is 0.455 e. The number of hydrogen-bond donors (Lipinski definition) is 0. The van der Waals surface area contributed by atoms with Crippen molar-refractivity contribution in [1.29, 1.82) is 0 Å². The van der Waals surface area contributed by atoms with E-state index < -0.39 is 0 Å². The van der Waals surface area contributed by atoms with Crippen molar-refractivity contribution in [3.8, 4) is 11.1 Å². The molecule has 0 aliphatic carbocycles. The zero-order valence-electron chi connectivity index (χ0n) is 27.5. The Labute approximate surface area is 293 Å². The molecule has 0 fully saturated rings. The average molecular weight is 652 g/mol. The molecule has 51 heavy (non-hydrogen) atoms. The van der Waals surface area contributed by atoms with E-state index in [1.165, 1.54) is 21.5 Å². The summed E-state index contributed by atoms with van der Waals surface area (Å²) in [5.41, 5.74) is 9.04. The maximum absolute atomic E-state index is 6.67. The Hall–Kier alpha value is -6.84. The molecule has 11 rings (SSSR count). The van der Waals surface area contributed by atoms with Gasteiger partial charge in [0.2, 0.25) is 0 Å². The predicted octanol–water partition coefficient (Wildman–Crippen LogP) is 14.1. The molecule has 0 atom stereocenters. The summed E-state index contributed by atoms with van der Waals surface area (Å²) in [5, 5.41) is 11.4. The van der Waals surface area contributed by atoms with Crippen LogP contribution < -0.4 is 4.90 Å². The molecule has 2 heterocycles. The number of anilines is 3. The van der Waals surface area contributed by atoms with Gasteiger partial charge in [-0.15, -0.1) is 0 Å². The van der Waals surface area contributed by atoms with Gasteiger partial charge in [0.1, 0.15) is 22.3 Å². The Morgan fingerprint density at radius 3 is 1.67 bits per heavy atom. The van der Waals surface area contributed by atoms with Crippen molar-refractivity contribution in [2.24, 2.45) is 0 Å². The van der Waals surface area contributed by atoms with E-state index >= 15 is 0 Å². The van der Waals surface area contributed by atoms with Crippen molar-refractivity contribution in [2.45, 2.75) is 0 Å². The molecular weight excluding hydrogens is 623 g/mol. The van der Waals surface area contributed by atoms with E-state index in [4.69, 9.17) is 8.83 Å². The summed E-state index contributed by atoms with van der Waals surface area (Å²) in [6.07, 6.45) is 0. The third-order valence-corrected chi connectivity index (χ3v) is 10.4. The minimum absolute atomic E-state index is 0.864. The Bertz CT molecular complexity index is 3160. The van der Waals surface area contributed by atoms with Crippen LogP contribution >= 0.6 is 0 Å². The molecule has 3 nitrogen and oxygen atoms in total. The number of hydrogen-bond acceptors (Lipinski definition) is 3. The number of rotatable bonds is 4. The molecule has 0 saturated heterocycles. The topological polar surface area (TPSA) is 29.5 Å². The summed E-state index contributed by atoms with van der Waals surface area (Å²) in [6.45, 7) is 0. The van der Waals surface area contributed by atoms with Crippen LogP contribution in [0, 0.1) is 0 Å². The van der Waals surface area contributed by atoms with Crippen LogP contribution in [0.25, 0.3) is 87.3 Å². The normalized spacial score (nSPS) is 11.9. The minimum atomic E-state index is 0.864. The van der Waals surface area contributed by atoms with Crippen molar-refractivity contribution in [3.63, 3.8) is 0 Å². The second-order valence-electron chi connectivity index (χ2n) is 13.3. The molecule has 0 N–H and O–H groups in total. The first-order chi connectivity index (χ1) is 25.3. The average Bonchev–Trinajstić information content (AvgIpc) is 3.78. The lowest BCUT2D eigenvalue weighted by Crippen LogP contribution is -2.10. The number of benzene rings is 9. The molecule has 0 aliphatic heterocycles. The summed E-state index contributed by atoms with van der Waals surface area (Å²) in [6, 6.07) is 62.6. The lowest BCUT2D eigenvalue weighted by Gasteiger charge is -2.27. The maximum atomic E-state index is 6.67. The summed E-state index contributed by atoms with van der Waals surface area (Å²) < 4.78 is 13.2. The lowest BCUT2D eigenvalue weighted by atomic mass is 9.97. The van der Waals surface area contributed by atoms with Crippen LogP contribution in [0.3, 0.4) is 0 Å². The molecule has 0 bridgehead atoms. The van der Waals surface area contributed by atoms with Crippen LogP contribution in [0.5, 0.6) is 0 Å². The van der Waals surface area contributed by atoms with Crippen LogP contribution in [-0.4, -0.2) is 0 Å². The van der Waals surface area contributed by atoms with Gasteiger partial charge in [0.25, 0.3) is 0 Å². The molecule has 0 aliphatic rings. The van der Waals surface area contributed by atoms with Crippen LogP contribution in [0.15, 0.2) is 185 Å². The van der Waals surface area contributed by atoms with Crippen LogP contribution in [0.4, 0.5) is 17.1 Å². The van der Waals surface area contributed by atoms with Crippen LogP contribution in [0.1, 0.15) is 0 Å². The molecule has 3 heteroatoms. The number of fused-ring (bicyclic) bond motifs is 11. The van der Waals surface area contributed by atoms with E-state index in [0.29, 0.717) is 0 Å². The first-order valence-electron chi connectivity index (χ1n) is 17.3. The molecule has 0 saturated carbocycles. The zero-order valence-corrected chi connectivity index (χ0v) is 27.5. The van der Waals surface area contributed by atoms with Crippen LogP contribution in [0.2, 0.25) is 0 Å². The van der Waals surface area contributed by atoms with Gasteiger partial charge in [0, 0.05) is 38.3 Å². The maximum Gasteiger partial charge on any atom is 0.143 e. The third kappa shape index (κ3) is 4.25. The van der Waals surface area contributed by atoms with E-state index in [9.17, 15) is 0 Å². The highest BCUT2D eigenvalue weighted by atomic mass is 16.3. The zero-order chi connectivity index (χ0) is 33.5. The third-order valence-electron chi connectivity index (χ3n) is 10.4. The quantitative estimate of drug-likeness (QED) is 0.190. The predicted molar refractivity (Wildman–Crippen MR) is 214 cm³/mol. The smallest absolute Gasteiger partial charge is 0.143 e. The first-order valence-corrected chi connectivity index (χ1v) is 17.3. The van der Waals surface area contributed by atoms with Gasteiger partial charge in [-0.1, -0.05) is 121 Å². The monoisotopic (exact) mass is 651 g/mol. The molecule has 2 aromatic heterocycles. The summed E-state index contributed by atoms with van der Waals surface area (Å²) in [7, 11) is 0. The van der Waals surface area contributed by atoms with Gasteiger partial charge in [0.05, 0.1) is 11.1 Å². The molecule has 238 valence electrons. The molecular formula is C48H29NO2. The SMILES string of the molecule is c1cc(-c2cccc3oc4c5ccccc5ccc4c23)cc(N(c2ccc3ccccc3c2)c2cccc3oc4c5ccccc5ccc4c23)c1. The van der Waals surface area contributed by atoms with Crippen molar-refractivity contribution < 1.29 is 8.83 Å². The fourth-order valence-electron chi connectivity index (χ4n) is 8.07. The van der Waals surface area contributed by atoms with Gasteiger partial charge < -0.3 is 13.7 Å². The second kappa shape index (κ2) is 10.8. The summed E-state index contributed by atoms with van der Waals surface area (Å²) >= 11 is 0. The molecule has 0 unspecified atom stereocenters. The Kier molecular flexibility index (Phi) is 5.96. The highest BCUT2D eigenvalue weighted by Crippen LogP contribution is 2.46.